The van der Waals surface area contributed by atoms with E-state index in [-0.39, 0.29) is 0 Å². The molecule has 0 fully saturated rings. The van der Waals surface area contributed by atoms with Gasteiger partial charge in [-0.2, -0.15) is 0 Å². The molecule has 1 aromatic heterocycles. The summed E-state index contributed by atoms with van der Waals surface area (Å²) in [6.07, 6.45) is 0. The van der Waals surface area contributed by atoms with Gasteiger partial charge in [-0.25, -0.2) is 4.98 Å². The van der Waals surface area contributed by atoms with Crippen LogP contribution in [0.1, 0.15) is 10.4 Å². The van der Waals surface area contributed by atoms with E-state index in [1.807, 2.05) is 6.07 Å². The fourth-order valence-corrected chi connectivity index (χ4v) is 2.26. The Hall–Kier alpha value is -2.53. The van der Waals surface area contributed by atoms with E-state index in [9.17, 15) is 4.79 Å². The molecule has 0 bridgehead atoms. The molecule has 2 aromatic carbocycles. The van der Waals surface area contributed by atoms with Crippen molar-refractivity contribution in [3.63, 3.8) is 0 Å². The molecule has 3 rings (SSSR count). The lowest BCUT2D eigenvalue weighted by molar-refractivity contribution is 0.108. The van der Waals surface area contributed by atoms with Crippen LogP contribution in [0.2, 0.25) is 0 Å². The summed E-state index contributed by atoms with van der Waals surface area (Å²) >= 11 is 5.47. The fourth-order valence-electron chi connectivity index (χ4n) is 2.14. The SMILES string of the molecule is COc1ccc(-c2nc3cc(C(=O)Cl)ccc3o2)cc1OC. The van der Waals surface area contributed by atoms with Crippen LogP contribution in [0.4, 0.5) is 0 Å². The molecule has 22 heavy (non-hydrogen) atoms. The van der Waals surface area contributed by atoms with Gasteiger partial charge in [-0.15, -0.1) is 0 Å². The molecule has 5 nitrogen and oxygen atoms in total. The van der Waals surface area contributed by atoms with Crippen molar-refractivity contribution in [2.45, 2.75) is 0 Å². The molecule has 0 atom stereocenters. The normalized spacial score (nSPS) is 10.7. The summed E-state index contributed by atoms with van der Waals surface area (Å²) < 4.78 is 16.2. The summed E-state index contributed by atoms with van der Waals surface area (Å²) in [6, 6.07) is 10.2. The average Bonchev–Trinajstić information content (AvgIpc) is 2.97. The Morgan fingerprint density at radius 2 is 1.86 bits per heavy atom. The molecule has 0 aliphatic heterocycles. The standard InChI is InChI=1S/C16H12ClNO4/c1-20-13-6-4-10(8-14(13)21-2)16-18-11-7-9(15(17)19)3-5-12(11)22-16/h3-8H,1-2H3. The number of methoxy groups -OCH3 is 2. The van der Waals surface area contributed by atoms with Crippen molar-refractivity contribution in [1.29, 1.82) is 0 Å². The summed E-state index contributed by atoms with van der Waals surface area (Å²) in [7, 11) is 3.13. The van der Waals surface area contributed by atoms with Crippen molar-refractivity contribution in [2.24, 2.45) is 0 Å². The van der Waals surface area contributed by atoms with Crippen LogP contribution < -0.4 is 9.47 Å². The number of hydrogen-bond acceptors (Lipinski definition) is 5. The van der Waals surface area contributed by atoms with Crippen molar-refractivity contribution in [3.05, 3.63) is 42.0 Å². The highest BCUT2D eigenvalue weighted by Crippen LogP contribution is 2.33. The number of benzene rings is 2. The molecule has 0 saturated heterocycles. The van der Waals surface area contributed by atoms with Gasteiger partial charge in [-0.3, -0.25) is 4.79 Å². The summed E-state index contributed by atoms with van der Waals surface area (Å²) in [4.78, 5) is 15.6. The van der Waals surface area contributed by atoms with E-state index in [1.54, 1.807) is 44.6 Å². The molecule has 1 heterocycles. The summed E-state index contributed by atoms with van der Waals surface area (Å²) in [6.45, 7) is 0. The molecular weight excluding hydrogens is 306 g/mol. The Morgan fingerprint density at radius 3 is 2.55 bits per heavy atom. The van der Waals surface area contributed by atoms with Crippen LogP contribution in [0, 0.1) is 0 Å². The molecule has 0 saturated carbocycles. The van der Waals surface area contributed by atoms with Crippen LogP contribution in [0.5, 0.6) is 11.5 Å². The van der Waals surface area contributed by atoms with E-state index in [2.05, 4.69) is 4.98 Å². The molecule has 6 heteroatoms. The van der Waals surface area contributed by atoms with E-state index in [4.69, 9.17) is 25.5 Å². The second-order valence-corrected chi connectivity index (χ2v) is 4.89. The molecule has 0 aliphatic rings. The lowest BCUT2D eigenvalue weighted by Gasteiger charge is -2.07. The van der Waals surface area contributed by atoms with Gasteiger partial charge < -0.3 is 13.9 Å². The third-order valence-corrected chi connectivity index (χ3v) is 3.46. The van der Waals surface area contributed by atoms with Crippen LogP contribution in [0.15, 0.2) is 40.8 Å². The predicted octanol–water partition coefficient (Wildman–Crippen LogP) is 3.89. The van der Waals surface area contributed by atoms with Crippen molar-refractivity contribution < 1.29 is 18.7 Å². The van der Waals surface area contributed by atoms with E-state index < -0.39 is 5.24 Å². The lowest BCUT2D eigenvalue weighted by atomic mass is 10.2. The Bertz CT molecular complexity index is 856. The quantitative estimate of drug-likeness (QED) is 0.683. The van der Waals surface area contributed by atoms with E-state index in [0.29, 0.717) is 34.1 Å². The Balaban J connectivity index is 2.08. The highest BCUT2D eigenvalue weighted by molar-refractivity contribution is 6.67. The van der Waals surface area contributed by atoms with Gasteiger partial charge in [-0.05, 0) is 48.0 Å². The van der Waals surface area contributed by atoms with Gasteiger partial charge in [0.1, 0.15) is 5.52 Å². The summed E-state index contributed by atoms with van der Waals surface area (Å²) in [5.41, 5.74) is 2.26. The monoisotopic (exact) mass is 317 g/mol. The summed E-state index contributed by atoms with van der Waals surface area (Å²) in [5.74, 6) is 1.63. The van der Waals surface area contributed by atoms with Crippen molar-refractivity contribution in [3.8, 4) is 23.0 Å². The molecule has 112 valence electrons. The van der Waals surface area contributed by atoms with Crippen LogP contribution in [-0.4, -0.2) is 24.4 Å². The van der Waals surface area contributed by atoms with Gasteiger partial charge >= 0.3 is 0 Å². The molecule has 0 unspecified atom stereocenters. The van der Waals surface area contributed by atoms with Crippen LogP contribution >= 0.6 is 11.6 Å². The van der Waals surface area contributed by atoms with Gasteiger partial charge in [0, 0.05) is 11.1 Å². The molecule has 0 radical (unpaired) electrons. The minimum absolute atomic E-state index is 0.376. The maximum Gasteiger partial charge on any atom is 0.252 e. The van der Waals surface area contributed by atoms with Gasteiger partial charge in [0.25, 0.3) is 5.24 Å². The Kier molecular flexibility index (Phi) is 3.73. The lowest BCUT2D eigenvalue weighted by Crippen LogP contribution is -1.90. The third-order valence-electron chi connectivity index (χ3n) is 3.25. The number of ether oxygens (including phenoxy) is 2. The zero-order valence-corrected chi connectivity index (χ0v) is 12.7. The average molecular weight is 318 g/mol. The number of aromatic nitrogens is 1. The maximum absolute atomic E-state index is 11.2. The van der Waals surface area contributed by atoms with Gasteiger partial charge in [0.2, 0.25) is 5.89 Å². The largest absolute Gasteiger partial charge is 0.493 e. The van der Waals surface area contributed by atoms with Crippen molar-refractivity contribution in [2.75, 3.05) is 14.2 Å². The zero-order valence-electron chi connectivity index (χ0n) is 11.9. The smallest absolute Gasteiger partial charge is 0.252 e. The number of oxazole rings is 1. The van der Waals surface area contributed by atoms with Crippen LogP contribution in [-0.2, 0) is 0 Å². The zero-order chi connectivity index (χ0) is 15.7. The number of carbonyl (C=O) groups is 1. The second-order valence-electron chi connectivity index (χ2n) is 4.54. The Labute approximate surface area is 131 Å². The first-order chi connectivity index (χ1) is 10.6. The van der Waals surface area contributed by atoms with Crippen molar-refractivity contribution >= 4 is 27.9 Å². The van der Waals surface area contributed by atoms with E-state index >= 15 is 0 Å². The fraction of sp³-hybridized carbons (Fsp3) is 0.125. The maximum atomic E-state index is 11.2. The number of hydrogen-bond donors (Lipinski definition) is 0. The molecule has 0 aliphatic carbocycles. The van der Waals surface area contributed by atoms with Crippen LogP contribution in [0.3, 0.4) is 0 Å². The van der Waals surface area contributed by atoms with Crippen molar-refractivity contribution in [1.82, 2.24) is 4.98 Å². The second kappa shape index (κ2) is 5.69. The number of fused-ring (bicyclic) bond motifs is 1. The summed E-state index contributed by atoms with van der Waals surface area (Å²) in [5, 5.41) is -0.530. The number of halogens is 1. The minimum atomic E-state index is -0.530. The highest BCUT2D eigenvalue weighted by Gasteiger charge is 2.13. The first-order valence-corrected chi connectivity index (χ1v) is 6.83. The minimum Gasteiger partial charge on any atom is -0.493 e. The van der Waals surface area contributed by atoms with E-state index in [0.717, 1.165) is 5.56 Å². The predicted molar refractivity (Wildman–Crippen MR) is 82.7 cm³/mol. The number of nitrogens with zero attached hydrogens (tertiary/aromatic N) is 1. The van der Waals surface area contributed by atoms with Gasteiger partial charge in [0.05, 0.1) is 14.2 Å². The first-order valence-electron chi connectivity index (χ1n) is 6.45. The molecule has 3 aromatic rings. The topological polar surface area (TPSA) is 61.6 Å². The van der Waals surface area contributed by atoms with Gasteiger partial charge in [-0.1, -0.05) is 0 Å². The first kappa shape index (κ1) is 14.4. The molecule has 0 amide bonds. The number of rotatable bonds is 4. The molecule has 0 spiro atoms. The molecule has 0 N–H and O–H groups in total. The number of carbonyl (C=O) groups excluding carboxylic acids is 1. The Morgan fingerprint density at radius 1 is 1.09 bits per heavy atom. The van der Waals surface area contributed by atoms with Crippen LogP contribution in [0.25, 0.3) is 22.6 Å². The highest BCUT2D eigenvalue weighted by atomic mass is 35.5. The third kappa shape index (κ3) is 2.51. The van der Waals surface area contributed by atoms with Gasteiger partial charge in [0.15, 0.2) is 17.1 Å². The molecular formula is C16H12ClNO4. The van der Waals surface area contributed by atoms with E-state index in [1.165, 1.54) is 0 Å².